The molecule has 0 aliphatic carbocycles. The number of hydrogen-bond donors (Lipinski definition) is 2. The minimum absolute atomic E-state index is 0.143. The Morgan fingerprint density at radius 3 is 2.60 bits per heavy atom. The maximum absolute atomic E-state index is 11.7. The van der Waals surface area contributed by atoms with Gasteiger partial charge in [-0.05, 0) is 37.6 Å². The number of nitrogens with two attached hydrogens (primary N) is 1. The Balaban J connectivity index is 2.22. The molecule has 2 atom stereocenters. The van der Waals surface area contributed by atoms with Crippen LogP contribution in [0.3, 0.4) is 0 Å². The molecule has 3 N–H and O–H groups in total. The van der Waals surface area contributed by atoms with Crippen molar-refractivity contribution in [2.45, 2.75) is 24.9 Å². The molecular weight excluding hydrogens is 258 g/mol. The highest BCUT2D eigenvalue weighted by Gasteiger charge is 2.35. The first-order chi connectivity index (χ1) is 9.62. The van der Waals surface area contributed by atoms with E-state index in [1.807, 2.05) is 30.1 Å². The summed E-state index contributed by atoms with van der Waals surface area (Å²) in [4.78, 5) is 13.7. The molecule has 1 aromatic rings. The van der Waals surface area contributed by atoms with E-state index in [0.717, 1.165) is 18.4 Å². The molecule has 1 aliphatic rings. The summed E-state index contributed by atoms with van der Waals surface area (Å²) < 4.78 is 10.6. The maximum atomic E-state index is 11.7. The van der Waals surface area contributed by atoms with Gasteiger partial charge in [-0.3, -0.25) is 15.1 Å². The number of carbonyl (C=O) groups excluding carboxylic acids is 1. The Hall–Kier alpha value is -1.79. The smallest absolute Gasteiger partial charge is 0.251 e. The SMILES string of the molecule is COc1ccc(C2CCC(C(=O)NN)N2C)cc1OC. The number of ether oxygens (including phenoxy) is 2. The van der Waals surface area contributed by atoms with Gasteiger partial charge in [-0.1, -0.05) is 6.07 Å². The summed E-state index contributed by atoms with van der Waals surface area (Å²) in [6.45, 7) is 0. The first-order valence-electron chi connectivity index (χ1n) is 6.56. The molecule has 1 saturated heterocycles. The molecule has 0 radical (unpaired) electrons. The third-order valence-electron chi connectivity index (χ3n) is 3.93. The summed E-state index contributed by atoms with van der Waals surface area (Å²) in [5.41, 5.74) is 3.33. The second kappa shape index (κ2) is 6.11. The number of benzene rings is 1. The van der Waals surface area contributed by atoms with Crippen LogP contribution in [-0.4, -0.2) is 38.1 Å². The van der Waals surface area contributed by atoms with Crippen molar-refractivity contribution in [3.63, 3.8) is 0 Å². The largest absolute Gasteiger partial charge is 0.493 e. The standard InChI is InChI=1S/C14H21N3O3/c1-17-10(5-6-11(17)14(18)16-15)9-4-7-12(19-2)13(8-9)20-3/h4,7-8,10-11H,5-6,15H2,1-3H3,(H,16,18). The van der Waals surface area contributed by atoms with Crippen molar-refractivity contribution < 1.29 is 14.3 Å². The number of hydrogen-bond acceptors (Lipinski definition) is 5. The van der Waals surface area contributed by atoms with Gasteiger partial charge in [0.1, 0.15) is 0 Å². The lowest BCUT2D eigenvalue weighted by atomic mass is 10.0. The van der Waals surface area contributed by atoms with Gasteiger partial charge in [0.2, 0.25) is 0 Å². The lowest BCUT2D eigenvalue weighted by Crippen LogP contribution is -2.44. The van der Waals surface area contributed by atoms with Crippen LogP contribution in [0.2, 0.25) is 0 Å². The van der Waals surface area contributed by atoms with Crippen molar-refractivity contribution in [1.29, 1.82) is 0 Å². The second-order valence-corrected chi connectivity index (χ2v) is 4.90. The zero-order chi connectivity index (χ0) is 14.7. The van der Waals surface area contributed by atoms with Crippen molar-refractivity contribution >= 4 is 5.91 Å². The van der Waals surface area contributed by atoms with Crippen LogP contribution in [-0.2, 0) is 4.79 Å². The molecule has 1 aromatic carbocycles. The molecule has 110 valence electrons. The van der Waals surface area contributed by atoms with Gasteiger partial charge < -0.3 is 9.47 Å². The van der Waals surface area contributed by atoms with Crippen LogP contribution >= 0.6 is 0 Å². The minimum Gasteiger partial charge on any atom is -0.493 e. The topological polar surface area (TPSA) is 76.8 Å². The number of carbonyl (C=O) groups is 1. The molecule has 2 unspecified atom stereocenters. The van der Waals surface area contributed by atoms with Gasteiger partial charge in [-0.2, -0.15) is 0 Å². The predicted octanol–water partition coefficient (Wildman–Crippen LogP) is 0.829. The molecule has 1 heterocycles. The summed E-state index contributed by atoms with van der Waals surface area (Å²) >= 11 is 0. The van der Waals surface area contributed by atoms with Crippen LogP contribution < -0.4 is 20.7 Å². The van der Waals surface area contributed by atoms with Gasteiger partial charge in [0, 0.05) is 6.04 Å². The molecule has 1 aliphatic heterocycles. The average molecular weight is 279 g/mol. The Bertz CT molecular complexity index is 493. The highest BCUT2D eigenvalue weighted by Crippen LogP contribution is 2.38. The monoisotopic (exact) mass is 279 g/mol. The quantitative estimate of drug-likeness (QED) is 0.485. The Morgan fingerprint density at radius 1 is 1.30 bits per heavy atom. The number of likely N-dealkylation sites (N-methyl/N-ethyl adjacent to an activating group) is 1. The van der Waals surface area contributed by atoms with Gasteiger partial charge in [0.05, 0.1) is 20.3 Å². The minimum atomic E-state index is -0.182. The normalized spacial score (nSPS) is 22.6. The van der Waals surface area contributed by atoms with E-state index in [1.54, 1.807) is 14.2 Å². The summed E-state index contributed by atoms with van der Waals surface area (Å²) in [6, 6.07) is 5.85. The van der Waals surface area contributed by atoms with Crippen LogP contribution in [0.4, 0.5) is 0 Å². The molecule has 20 heavy (non-hydrogen) atoms. The van der Waals surface area contributed by atoms with E-state index in [9.17, 15) is 4.79 Å². The Morgan fingerprint density at radius 2 is 2.00 bits per heavy atom. The number of nitrogens with one attached hydrogen (secondary N) is 1. The summed E-state index contributed by atoms with van der Waals surface area (Å²) in [5, 5.41) is 0. The molecule has 1 fully saturated rings. The summed E-state index contributed by atoms with van der Waals surface area (Å²) in [5.74, 6) is 6.48. The Labute approximate surface area is 118 Å². The predicted molar refractivity (Wildman–Crippen MR) is 75.4 cm³/mol. The van der Waals surface area contributed by atoms with Crippen LogP contribution in [0.1, 0.15) is 24.4 Å². The number of likely N-dealkylation sites (tertiary alicyclic amines) is 1. The van der Waals surface area contributed by atoms with E-state index >= 15 is 0 Å². The fraction of sp³-hybridized carbons (Fsp3) is 0.500. The van der Waals surface area contributed by atoms with Gasteiger partial charge in [0.15, 0.2) is 11.5 Å². The molecule has 1 amide bonds. The first-order valence-corrected chi connectivity index (χ1v) is 6.56. The molecule has 6 heteroatoms. The molecule has 2 rings (SSSR count). The fourth-order valence-corrected chi connectivity index (χ4v) is 2.81. The van der Waals surface area contributed by atoms with Crippen molar-refractivity contribution in [3.8, 4) is 11.5 Å². The van der Waals surface area contributed by atoms with Crippen molar-refractivity contribution in [3.05, 3.63) is 23.8 Å². The van der Waals surface area contributed by atoms with Crippen molar-refractivity contribution in [2.75, 3.05) is 21.3 Å². The van der Waals surface area contributed by atoms with Gasteiger partial charge >= 0.3 is 0 Å². The lowest BCUT2D eigenvalue weighted by Gasteiger charge is -2.25. The molecule has 0 spiro atoms. The summed E-state index contributed by atoms with van der Waals surface area (Å²) in [7, 11) is 5.17. The Kier molecular flexibility index (Phi) is 4.46. The highest BCUT2D eigenvalue weighted by molar-refractivity contribution is 5.81. The van der Waals surface area contributed by atoms with Crippen LogP contribution in [0.15, 0.2) is 18.2 Å². The maximum Gasteiger partial charge on any atom is 0.251 e. The van der Waals surface area contributed by atoms with E-state index in [-0.39, 0.29) is 18.0 Å². The number of rotatable bonds is 4. The highest BCUT2D eigenvalue weighted by atomic mass is 16.5. The van der Waals surface area contributed by atoms with Gasteiger partial charge in [0.25, 0.3) is 5.91 Å². The van der Waals surface area contributed by atoms with Crippen molar-refractivity contribution in [1.82, 2.24) is 10.3 Å². The zero-order valence-electron chi connectivity index (χ0n) is 12.1. The number of hydrazine groups is 1. The van der Waals surface area contributed by atoms with E-state index in [0.29, 0.717) is 11.5 Å². The van der Waals surface area contributed by atoms with Crippen LogP contribution in [0.25, 0.3) is 0 Å². The van der Waals surface area contributed by atoms with E-state index < -0.39 is 0 Å². The second-order valence-electron chi connectivity index (χ2n) is 4.90. The lowest BCUT2D eigenvalue weighted by molar-refractivity contribution is -0.125. The van der Waals surface area contributed by atoms with E-state index in [4.69, 9.17) is 15.3 Å². The van der Waals surface area contributed by atoms with Crippen LogP contribution in [0.5, 0.6) is 11.5 Å². The van der Waals surface area contributed by atoms with Gasteiger partial charge in [-0.15, -0.1) is 0 Å². The molecule has 0 saturated carbocycles. The third-order valence-corrected chi connectivity index (χ3v) is 3.93. The fourth-order valence-electron chi connectivity index (χ4n) is 2.81. The number of amides is 1. The molecule has 0 bridgehead atoms. The number of methoxy groups -OCH3 is 2. The van der Waals surface area contributed by atoms with Crippen LogP contribution in [0, 0.1) is 0 Å². The van der Waals surface area contributed by atoms with E-state index in [2.05, 4.69) is 5.43 Å². The molecule has 0 aromatic heterocycles. The summed E-state index contributed by atoms with van der Waals surface area (Å²) in [6.07, 6.45) is 1.70. The first kappa shape index (κ1) is 14.6. The molecular formula is C14H21N3O3. The van der Waals surface area contributed by atoms with Crippen molar-refractivity contribution in [2.24, 2.45) is 5.84 Å². The number of nitrogens with zero attached hydrogens (tertiary/aromatic N) is 1. The third kappa shape index (κ3) is 2.57. The average Bonchev–Trinajstić information content (AvgIpc) is 2.87. The zero-order valence-corrected chi connectivity index (χ0v) is 12.1. The van der Waals surface area contributed by atoms with Gasteiger partial charge in [-0.25, -0.2) is 5.84 Å². The van der Waals surface area contributed by atoms with E-state index in [1.165, 1.54) is 0 Å². The molecule has 6 nitrogen and oxygen atoms in total.